The minimum atomic E-state index is 0.925. The first-order valence-corrected chi connectivity index (χ1v) is 8.10. The van der Waals surface area contributed by atoms with Crippen LogP contribution in [0, 0.1) is 13.8 Å². The summed E-state index contributed by atoms with van der Waals surface area (Å²) < 4.78 is 6.46. The Hall–Kier alpha value is -0.780. The van der Waals surface area contributed by atoms with E-state index in [9.17, 15) is 0 Å². The van der Waals surface area contributed by atoms with Crippen molar-refractivity contribution in [3.8, 4) is 11.1 Å². The standard InChI is InChI=1S/C14H10Br2N2S/c1-7-3-10(11(15)4-8(7)2)9-5-12-13(17-6-9)14(16)19-18-12/h3-6H,1-2H3. The summed E-state index contributed by atoms with van der Waals surface area (Å²) in [4.78, 5) is 4.49. The number of hydrogen-bond acceptors (Lipinski definition) is 3. The fourth-order valence-electron chi connectivity index (χ4n) is 1.96. The summed E-state index contributed by atoms with van der Waals surface area (Å²) in [6, 6.07) is 6.41. The third kappa shape index (κ3) is 2.35. The van der Waals surface area contributed by atoms with Crippen LogP contribution in [-0.2, 0) is 0 Å². The van der Waals surface area contributed by atoms with Gasteiger partial charge in [0.15, 0.2) is 0 Å². The van der Waals surface area contributed by atoms with Gasteiger partial charge in [-0.25, -0.2) is 0 Å². The van der Waals surface area contributed by atoms with Gasteiger partial charge in [-0.2, -0.15) is 4.37 Å². The van der Waals surface area contributed by atoms with Gasteiger partial charge in [-0.15, -0.1) is 0 Å². The lowest BCUT2D eigenvalue weighted by Gasteiger charge is -2.08. The summed E-state index contributed by atoms with van der Waals surface area (Å²) >= 11 is 8.52. The van der Waals surface area contributed by atoms with Gasteiger partial charge < -0.3 is 0 Å². The normalized spacial score (nSPS) is 11.2. The highest BCUT2D eigenvalue weighted by molar-refractivity contribution is 9.11. The van der Waals surface area contributed by atoms with Gasteiger partial charge in [0.25, 0.3) is 0 Å². The van der Waals surface area contributed by atoms with E-state index in [-0.39, 0.29) is 0 Å². The van der Waals surface area contributed by atoms with Crippen LogP contribution in [0.2, 0.25) is 0 Å². The topological polar surface area (TPSA) is 25.8 Å². The molecule has 19 heavy (non-hydrogen) atoms. The van der Waals surface area contributed by atoms with Crippen LogP contribution < -0.4 is 0 Å². The Kier molecular flexibility index (Phi) is 3.45. The van der Waals surface area contributed by atoms with Gasteiger partial charge in [-0.3, -0.25) is 4.98 Å². The summed E-state index contributed by atoms with van der Waals surface area (Å²) in [6.07, 6.45) is 1.90. The second-order valence-corrected chi connectivity index (χ2v) is 7.41. The molecule has 0 aliphatic heterocycles. The van der Waals surface area contributed by atoms with Gasteiger partial charge in [0.1, 0.15) is 14.8 Å². The SMILES string of the molecule is Cc1cc(Br)c(-c2cnc3c(Br)snc3c2)cc1C. The van der Waals surface area contributed by atoms with E-state index >= 15 is 0 Å². The quantitative estimate of drug-likeness (QED) is 0.541. The molecular weight excluding hydrogens is 388 g/mol. The van der Waals surface area contributed by atoms with Crippen LogP contribution in [-0.4, -0.2) is 9.36 Å². The predicted molar refractivity (Wildman–Crippen MR) is 87.7 cm³/mol. The zero-order chi connectivity index (χ0) is 13.6. The first kappa shape index (κ1) is 13.2. The van der Waals surface area contributed by atoms with Crippen LogP contribution in [0.3, 0.4) is 0 Å². The van der Waals surface area contributed by atoms with Gasteiger partial charge in [0, 0.05) is 16.2 Å². The molecule has 0 saturated carbocycles. The molecule has 3 aromatic rings. The van der Waals surface area contributed by atoms with Crippen LogP contribution >= 0.6 is 43.4 Å². The maximum Gasteiger partial charge on any atom is 0.117 e. The fraction of sp³-hybridized carbons (Fsp3) is 0.143. The Labute approximate surface area is 132 Å². The Morgan fingerprint density at radius 3 is 2.58 bits per heavy atom. The van der Waals surface area contributed by atoms with E-state index in [2.05, 4.69) is 73.3 Å². The molecule has 0 aliphatic carbocycles. The van der Waals surface area contributed by atoms with Crippen molar-refractivity contribution in [2.45, 2.75) is 13.8 Å². The van der Waals surface area contributed by atoms with Gasteiger partial charge in [0.05, 0.1) is 0 Å². The van der Waals surface area contributed by atoms with Crippen LogP contribution in [0.5, 0.6) is 0 Å². The lowest BCUT2D eigenvalue weighted by molar-refractivity contribution is 1.32. The summed E-state index contributed by atoms with van der Waals surface area (Å²) in [5, 5.41) is 0. The van der Waals surface area contributed by atoms with Crippen molar-refractivity contribution in [1.82, 2.24) is 9.36 Å². The maximum atomic E-state index is 4.49. The van der Waals surface area contributed by atoms with Crippen molar-refractivity contribution in [2.75, 3.05) is 0 Å². The smallest absolute Gasteiger partial charge is 0.117 e. The molecule has 2 nitrogen and oxygen atoms in total. The van der Waals surface area contributed by atoms with E-state index in [0.29, 0.717) is 0 Å². The fourth-order valence-corrected chi connectivity index (χ4v) is 3.73. The van der Waals surface area contributed by atoms with Crippen molar-refractivity contribution in [3.63, 3.8) is 0 Å². The minimum Gasteiger partial charge on any atom is -0.252 e. The molecule has 1 aromatic carbocycles. The van der Waals surface area contributed by atoms with Crippen molar-refractivity contribution in [1.29, 1.82) is 0 Å². The molecule has 0 fully saturated rings. The molecule has 0 spiro atoms. The number of hydrogen-bond donors (Lipinski definition) is 0. The van der Waals surface area contributed by atoms with E-state index in [1.165, 1.54) is 22.7 Å². The highest BCUT2D eigenvalue weighted by atomic mass is 79.9. The minimum absolute atomic E-state index is 0.925. The molecule has 3 rings (SSSR count). The van der Waals surface area contributed by atoms with Crippen molar-refractivity contribution in [2.24, 2.45) is 0 Å². The van der Waals surface area contributed by atoms with E-state index in [1.807, 2.05) is 6.20 Å². The number of aryl methyl sites for hydroxylation is 2. The highest BCUT2D eigenvalue weighted by Gasteiger charge is 2.10. The largest absolute Gasteiger partial charge is 0.252 e. The Morgan fingerprint density at radius 1 is 1.05 bits per heavy atom. The third-order valence-electron chi connectivity index (χ3n) is 3.17. The second-order valence-electron chi connectivity index (χ2n) is 4.46. The summed E-state index contributed by atoms with van der Waals surface area (Å²) in [5.41, 5.74) is 6.65. The lowest BCUT2D eigenvalue weighted by atomic mass is 10.0. The molecular formula is C14H10Br2N2S. The molecule has 0 aliphatic rings. The molecule has 2 heterocycles. The van der Waals surface area contributed by atoms with Crippen LogP contribution in [0.15, 0.2) is 32.7 Å². The molecule has 5 heteroatoms. The van der Waals surface area contributed by atoms with Gasteiger partial charge in [0.2, 0.25) is 0 Å². The molecule has 0 bridgehead atoms. The average molecular weight is 398 g/mol. The highest BCUT2D eigenvalue weighted by Crippen LogP contribution is 2.33. The maximum absolute atomic E-state index is 4.49. The molecule has 0 N–H and O–H groups in total. The Morgan fingerprint density at radius 2 is 1.79 bits per heavy atom. The van der Waals surface area contributed by atoms with Crippen molar-refractivity contribution < 1.29 is 0 Å². The number of rotatable bonds is 1. The number of nitrogens with zero attached hydrogens (tertiary/aromatic N) is 2. The second kappa shape index (κ2) is 4.96. The van der Waals surface area contributed by atoms with Crippen molar-refractivity contribution in [3.05, 3.63) is 43.8 Å². The van der Waals surface area contributed by atoms with Crippen molar-refractivity contribution >= 4 is 54.4 Å². The average Bonchev–Trinajstić information content (AvgIpc) is 2.75. The summed E-state index contributed by atoms with van der Waals surface area (Å²) in [6.45, 7) is 4.24. The van der Waals surface area contributed by atoms with Gasteiger partial charge >= 0.3 is 0 Å². The van der Waals surface area contributed by atoms with Crippen LogP contribution in [0.4, 0.5) is 0 Å². The number of benzene rings is 1. The molecule has 96 valence electrons. The number of halogens is 2. The lowest BCUT2D eigenvalue weighted by Crippen LogP contribution is -1.87. The van der Waals surface area contributed by atoms with E-state index in [4.69, 9.17) is 0 Å². The Balaban J connectivity index is 2.21. The van der Waals surface area contributed by atoms with E-state index in [0.717, 1.165) is 30.4 Å². The van der Waals surface area contributed by atoms with E-state index < -0.39 is 0 Å². The molecule has 0 atom stereocenters. The molecule has 0 unspecified atom stereocenters. The zero-order valence-electron chi connectivity index (χ0n) is 10.4. The molecule has 2 aromatic heterocycles. The van der Waals surface area contributed by atoms with Crippen LogP contribution in [0.1, 0.15) is 11.1 Å². The first-order valence-electron chi connectivity index (χ1n) is 5.74. The Bertz CT molecular complexity index is 780. The summed E-state index contributed by atoms with van der Waals surface area (Å²) in [5.74, 6) is 0. The third-order valence-corrected chi connectivity index (χ3v) is 5.28. The first-order chi connectivity index (χ1) is 9.06. The molecule has 0 saturated heterocycles. The molecule has 0 amide bonds. The van der Waals surface area contributed by atoms with E-state index in [1.54, 1.807) is 0 Å². The summed E-state index contributed by atoms with van der Waals surface area (Å²) in [7, 11) is 0. The predicted octanol–water partition coefficient (Wildman–Crippen LogP) is 5.50. The molecule has 0 radical (unpaired) electrons. The monoisotopic (exact) mass is 396 g/mol. The number of pyridine rings is 1. The van der Waals surface area contributed by atoms with Crippen LogP contribution in [0.25, 0.3) is 22.2 Å². The zero-order valence-corrected chi connectivity index (χ0v) is 14.4. The van der Waals surface area contributed by atoms with Gasteiger partial charge in [-0.1, -0.05) is 15.9 Å². The van der Waals surface area contributed by atoms with Gasteiger partial charge in [-0.05, 0) is 76.2 Å². The number of aromatic nitrogens is 2. The number of fused-ring (bicyclic) bond motifs is 1.